The predicted molar refractivity (Wildman–Crippen MR) is 82.4 cm³/mol. The topological polar surface area (TPSA) is 43.8 Å². The molecule has 0 aliphatic rings. The lowest BCUT2D eigenvalue weighted by atomic mass is 10.0. The van der Waals surface area contributed by atoms with E-state index in [-0.39, 0.29) is 12.1 Å². The first kappa shape index (κ1) is 14.6. The second-order valence-electron chi connectivity index (χ2n) is 4.86. The molecule has 0 aliphatic carbocycles. The molecule has 5 heteroatoms. The summed E-state index contributed by atoms with van der Waals surface area (Å²) in [6.45, 7) is 4.14. The van der Waals surface area contributed by atoms with E-state index in [0.717, 1.165) is 16.6 Å². The summed E-state index contributed by atoms with van der Waals surface area (Å²) in [6.07, 6.45) is 2.40. The normalized spacial score (nSPS) is 12.9. The fourth-order valence-corrected chi connectivity index (χ4v) is 2.84. The molecule has 0 saturated heterocycles. The third-order valence-corrected chi connectivity index (χ3v) is 3.76. The molecule has 19 heavy (non-hydrogen) atoms. The van der Waals surface area contributed by atoms with Gasteiger partial charge in [0, 0.05) is 10.5 Å². The van der Waals surface area contributed by atoms with Crippen LogP contribution in [-0.2, 0) is 6.42 Å². The minimum absolute atomic E-state index is 0.160. The lowest BCUT2D eigenvalue weighted by molar-refractivity contribution is 0.485. The van der Waals surface area contributed by atoms with E-state index in [0.29, 0.717) is 5.02 Å². The Morgan fingerprint density at radius 1 is 1.42 bits per heavy atom. The number of nitrogens with two attached hydrogens (primary N) is 1. The van der Waals surface area contributed by atoms with Gasteiger partial charge in [-0.2, -0.15) is 5.10 Å². The SMILES string of the molecule is CC(C)n1ncc(Cl)c1C(N)Cc1cccc(Br)c1. The van der Waals surface area contributed by atoms with Gasteiger partial charge in [-0.3, -0.25) is 4.68 Å². The molecule has 102 valence electrons. The standard InChI is InChI=1S/C14H17BrClN3/c1-9(2)19-14(12(16)8-18-19)13(17)7-10-4-3-5-11(15)6-10/h3-6,8-9,13H,7,17H2,1-2H3. The first-order chi connectivity index (χ1) is 8.99. The molecular weight excluding hydrogens is 326 g/mol. The molecule has 0 radical (unpaired) electrons. The van der Waals surface area contributed by atoms with Crippen molar-refractivity contribution >= 4 is 27.5 Å². The van der Waals surface area contributed by atoms with Crippen LogP contribution in [-0.4, -0.2) is 9.78 Å². The minimum Gasteiger partial charge on any atom is -0.322 e. The molecule has 2 N–H and O–H groups in total. The van der Waals surface area contributed by atoms with Crippen molar-refractivity contribution < 1.29 is 0 Å². The van der Waals surface area contributed by atoms with Crippen LogP contribution in [0.1, 0.15) is 37.2 Å². The maximum absolute atomic E-state index is 6.30. The highest BCUT2D eigenvalue weighted by Crippen LogP contribution is 2.27. The highest BCUT2D eigenvalue weighted by molar-refractivity contribution is 9.10. The molecule has 0 fully saturated rings. The van der Waals surface area contributed by atoms with Crippen molar-refractivity contribution in [2.24, 2.45) is 5.73 Å². The van der Waals surface area contributed by atoms with Gasteiger partial charge in [0.25, 0.3) is 0 Å². The van der Waals surface area contributed by atoms with Crippen molar-refractivity contribution in [2.45, 2.75) is 32.4 Å². The summed E-state index contributed by atoms with van der Waals surface area (Å²) < 4.78 is 2.95. The highest BCUT2D eigenvalue weighted by Gasteiger charge is 2.18. The zero-order chi connectivity index (χ0) is 14.0. The first-order valence-corrected chi connectivity index (χ1v) is 7.39. The van der Waals surface area contributed by atoms with Crippen LogP contribution in [0.15, 0.2) is 34.9 Å². The third-order valence-electron chi connectivity index (χ3n) is 2.97. The molecule has 1 heterocycles. The Bertz CT molecular complexity index is 566. The zero-order valence-corrected chi connectivity index (χ0v) is 13.3. The van der Waals surface area contributed by atoms with E-state index in [2.05, 4.69) is 47.0 Å². The zero-order valence-electron chi connectivity index (χ0n) is 11.0. The summed E-state index contributed by atoms with van der Waals surface area (Å²) >= 11 is 9.68. The molecule has 0 bridgehead atoms. The van der Waals surface area contributed by atoms with E-state index in [4.69, 9.17) is 17.3 Å². The number of benzene rings is 1. The van der Waals surface area contributed by atoms with Crippen LogP contribution in [0.25, 0.3) is 0 Å². The second-order valence-corrected chi connectivity index (χ2v) is 6.18. The van der Waals surface area contributed by atoms with Crippen molar-refractivity contribution in [3.63, 3.8) is 0 Å². The lowest BCUT2D eigenvalue weighted by Crippen LogP contribution is -2.20. The second kappa shape index (κ2) is 6.07. The van der Waals surface area contributed by atoms with Crippen LogP contribution in [0.4, 0.5) is 0 Å². The Labute approximate surface area is 126 Å². The van der Waals surface area contributed by atoms with Gasteiger partial charge in [-0.1, -0.05) is 39.7 Å². The van der Waals surface area contributed by atoms with Gasteiger partial charge in [-0.25, -0.2) is 0 Å². The van der Waals surface area contributed by atoms with Gasteiger partial charge in [0.15, 0.2) is 0 Å². The van der Waals surface area contributed by atoms with Crippen molar-refractivity contribution in [3.8, 4) is 0 Å². The Hall–Kier alpha value is -0.840. The van der Waals surface area contributed by atoms with E-state index in [1.165, 1.54) is 5.56 Å². The number of hydrogen-bond acceptors (Lipinski definition) is 2. The van der Waals surface area contributed by atoms with Crippen molar-refractivity contribution in [3.05, 3.63) is 51.2 Å². The van der Waals surface area contributed by atoms with E-state index < -0.39 is 0 Å². The van der Waals surface area contributed by atoms with Gasteiger partial charge in [0.05, 0.1) is 23.0 Å². The number of aromatic nitrogens is 2. The summed E-state index contributed by atoms with van der Waals surface area (Å²) in [5.74, 6) is 0. The Balaban J connectivity index is 2.25. The van der Waals surface area contributed by atoms with E-state index in [1.807, 2.05) is 16.8 Å². The first-order valence-electron chi connectivity index (χ1n) is 6.22. The Morgan fingerprint density at radius 3 is 2.79 bits per heavy atom. The maximum atomic E-state index is 6.30. The van der Waals surface area contributed by atoms with Gasteiger partial charge >= 0.3 is 0 Å². The molecule has 0 aliphatic heterocycles. The van der Waals surface area contributed by atoms with E-state index in [9.17, 15) is 0 Å². The van der Waals surface area contributed by atoms with Crippen molar-refractivity contribution in [1.29, 1.82) is 0 Å². The minimum atomic E-state index is -0.160. The van der Waals surface area contributed by atoms with Crippen molar-refractivity contribution in [1.82, 2.24) is 9.78 Å². The van der Waals surface area contributed by atoms with Gasteiger partial charge in [0.2, 0.25) is 0 Å². The molecule has 0 spiro atoms. The smallest absolute Gasteiger partial charge is 0.0834 e. The maximum Gasteiger partial charge on any atom is 0.0834 e. The monoisotopic (exact) mass is 341 g/mol. The van der Waals surface area contributed by atoms with Crippen LogP contribution >= 0.6 is 27.5 Å². The molecule has 3 nitrogen and oxygen atoms in total. The number of rotatable bonds is 4. The fraction of sp³-hybridized carbons (Fsp3) is 0.357. The lowest BCUT2D eigenvalue weighted by Gasteiger charge is -2.17. The van der Waals surface area contributed by atoms with Crippen LogP contribution in [0.3, 0.4) is 0 Å². The van der Waals surface area contributed by atoms with Crippen LogP contribution in [0, 0.1) is 0 Å². The van der Waals surface area contributed by atoms with E-state index in [1.54, 1.807) is 6.20 Å². The molecule has 1 atom stereocenters. The molecular formula is C14H17BrClN3. The van der Waals surface area contributed by atoms with Crippen molar-refractivity contribution in [2.75, 3.05) is 0 Å². The Kier molecular flexibility index (Phi) is 4.66. The average Bonchev–Trinajstić information content (AvgIpc) is 2.71. The Morgan fingerprint density at radius 2 is 2.16 bits per heavy atom. The van der Waals surface area contributed by atoms with Crippen LogP contribution in [0.2, 0.25) is 5.02 Å². The van der Waals surface area contributed by atoms with Gasteiger partial charge in [-0.05, 0) is 38.0 Å². The molecule has 1 unspecified atom stereocenters. The molecule has 1 aromatic carbocycles. The third kappa shape index (κ3) is 3.38. The highest BCUT2D eigenvalue weighted by atomic mass is 79.9. The largest absolute Gasteiger partial charge is 0.322 e. The fourth-order valence-electron chi connectivity index (χ4n) is 2.12. The summed E-state index contributed by atoms with van der Waals surface area (Å²) in [5, 5.41) is 4.93. The predicted octanol–water partition coefficient (Wildman–Crippen LogP) is 4.12. The molecule has 0 saturated carbocycles. The van der Waals surface area contributed by atoms with Gasteiger partial charge < -0.3 is 5.73 Å². The summed E-state index contributed by atoms with van der Waals surface area (Å²) in [7, 11) is 0. The van der Waals surface area contributed by atoms with E-state index >= 15 is 0 Å². The average molecular weight is 343 g/mol. The summed E-state index contributed by atoms with van der Waals surface area (Å²) in [5.41, 5.74) is 8.38. The number of nitrogens with zero attached hydrogens (tertiary/aromatic N) is 2. The van der Waals surface area contributed by atoms with Gasteiger partial charge in [-0.15, -0.1) is 0 Å². The molecule has 0 amide bonds. The van der Waals surface area contributed by atoms with Crippen LogP contribution in [0.5, 0.6) is 0 Å². The number of hydrogen-bond donors (Lipinski definition) is 1. The number of halogens is 2. The molecule has 1 aromatic heterocycles. The molecule has 2 rings (SSSR count). The quantitative estimate of drug-likeness (QED) is 0.908. The van der Waals surface area contributed by atoms with Crippen LogP contribution < -0.4 is 5.73 Å². The summed E-state index contributed by atoms with van der Waals surface area (Å²) in [4.78, 5) is 0. The van der Waals surface area contributed by atoms with Gasteiger partial charge in [0.1, 0.15) is 0 Å². The summed E-state index contributed by atoms with van der Waals surface area (Å²) in [6, 6.07) is 8.23. The molecule has 2 aromatic rings.